The van der Waals surface area contributed by atoms with Crippen molar-refractivity contribution < 1.29 is 27.8 Å². The van der Waals surface area contributed by atoms with E-state index in [1.54, 1.807) is 66.7 Å². The number of carbonyl (C=O) groups excluding carboxylic acids is 1. The number of benzene rings is 5. The number of azide groups is 1. The van der Waals surface area contributed by atoms with Crippen LogP contribution in [0.1, 0.15) is 47.1 Å². The highest BCUT2D eigenvalue weighted by atomic mass is 32.2. The molecule has 54 heavy (non-hydrogen) atoms. The third-order valence-electron chi connectivity index (χ3n) is 9.17. The van der Waals surface area contributed by atoms with Crippen molar-refractivity contribution >= 4 is 27.3 Å². The van der Waals surface area contributed by atoms with E-state index in [-0.39, 0.29) is 35.4 Å². The summed E-state index contributed by atoms with van der Waals surface area (Å²) >= 11 is 0. The van der Waals surface area contributed by atoms with Crippen LogP contribution in [0.15, 0.2) is 155 Å². The second-order valence-corrected chi connectivity index (χ2v) is 14.7. The van der Waals surface area contributed by atoms with Crippen LogP contribution in [0.5, 0.6) is 5.75 Å². The van der Waals surface area contributed by atoms with Gasteiger partial charge in [0.1, 0.15) is 5.75 Å². The van der Waals surface area contributed by atoms with Crippen molar-refractivity contribution in [3.05, 3.63) is 172 Å². The average molecular weight is 745 g/mol. The van der Waals surface area contributed by atoms with E-state index in [0.29, 0.717) is 36.4 Å². The maximum Gasteiger partial charge on any atom is 0.266 e. The Morgan fingerprint density at radius 3 is 2.13 bits per heavy atom. The standard InChI is InChI=1S/C41H40N6O6S/c42-47-45-37-20-11-10-19-35(37)38-41(25-28-54(50,51)34-17-8-3-9-18-34,44-39(53-38)32-21-23-33(24-22-32)52-27-12-26-48)40(49)46-43-29-36(30-13-4-1-5-14-30)31-15-6-2-7-16-31/h1-11,13-24,36,38,43,48H,12,25-29H2,(H,46,49)/t38-,41-/m0/s1. The molecule has 1 heterocycles. The van der Waals surface area contributed by atoms with Gasteiger partial charge in [-0.05, 0) is 53.1 Å². The van der Waals surface area contributed by atoms with Gasteiger partial charge in [-0.3, -0.25) is 10.2 Å². The van der Waals surface area contributed by atoms with Crippen LogP contribution < -0.4 is 15.6 Å². The number of hydrogen-bond acceptors (Lipinski definition) is 9. The summed E-state index contributed by atoms with van der Waals surface area (Å²) in [6.07, 6.45) is -1.00. The van der Waals surface area contributed by atoms with Crippen molar-refractivity contribution in [2.75, 3.05) is 25.5 Å². The van der Waals surface area contributed by atoms with Crippen LogP contribution in [0.2, 0.25) is 0 Å². The van der Waals surface area contributed by atoms with Crippen LogP contribution in [0.3, 0.4) is 0 Å². The molecule has 0 bridgehead atoms. The van der Waals surface area contributed by atoms with Crippen LogP contribution in [0, 0.1) is 0 Å². The summed E-state index contributed by atoms with van der Waals surface area (Å²) in [5, 5.41) is 13.0. The molecule has 1 amide bonds. The zero-order valence-corrected chi connectivity index (χ0v) is 30.2. The topological polar surface area (TPSA) is 175 Å². The van der Waals surface area contributed by atoms with Crippen LogP contribution in [-0.2, 0) is 19.4 Å². The average Bonchev–Trinajstić information content (AvgIpc) is 3.61. The van der Waals surface area contributed by atoms with Crippen molar-refractivity contribution in [2.45, 2.75) is 35.3 Å². The fourth-order valence-electron chi connectivity index (χ4n) is 6.37. The molecule has 2 atom stereocenters. The van der Waals surface area contributed by atoms with Crippen LogP contribution in [0.25, 0.3) is 10.4 Å². The Bertz CT molecular complexity index is 2160. The first-order valence-corrected chi connectivity index (χ1v) is 19.2. The largest absolute Gasteiger partial charge is 0.494 e. The fraction of sp³-hybridized carbons (Fsp3) is 0.220. The van der Waals surface area contributed by atoms with E-state index >= 15 is 0 Å². The van der Waals surface area contributed by atoms with Crippen molar-refractivity contribution in [3.63, 3.8) is 0 Å². The van der Waals surface area contributed by atoms with Crippen molar-refractivity contribution in [1.82, 2.24) is 10.9 Å². The Kier molecular flexibility index (Phi) is 12.4. The summed E-state index contributed by atoms with van der Waals surface area (Å²) in [6, 6.07) is 41.4. The lowest BCUT2D eigenvalue weighted by molar-refractivity contribution is -0.130. The van der Waals surface area contributed by atoms with Gasteiger partial charge in [-0.1, -0.05) is 108 Å². The molecular formula is C41H40N6O6S. The van der Waals surface area contributed by atoms with Gasteiger partial charge in [0.05, 0.1) is 17.3 Å². The van der Waals surface area contributed by atoms with E-state index in [1.807, 2.05) is 60.7 Å². The van der Waals surface area contributed by atoms with Gasteiger partial charge < -0.3 is 14.6 Å². The predicted molar refractivity (Wildman–Crippen MR) is 206 cm³/mol. The monoisotopic (exact) mass is 744 g/mol. The van der Waals surface area contributed by atoms with E-state index in [0.717, 1.165) is 11.1 Å². The lowest BCUT2D eigenvalue weighted by Crippen LogP contribution is -2.54. The van der Waals surface area contributed by atoms with Gasteiger partial charge >= 0.3 is 0 Å². The first-order chi connectivity index (χ1) is 26.3. The summed E-state index contributed by atoms with van der Waals surface area (Å²) < 4.78 is 39.7. The molecule has 13 heteroatoms. The molecule has 12 nitrogen and oxygen atoms in total. The molecule has 0 aromatic heterocycles. The van der Waals surface area contributed by atoms with Gasteiger partial charge in [-0.25, -0.2) is 18.8 Å². The number of nitrogens with zero attached hydrogens (tertiary/aromatic N) is 4. The maximum absolute atomic E-state index is 14.8. The van der Waals surface area contributed by atoms with Crippen LogP contribution in [0.4, 0.5) is 5.69 Å². The van der Waals surface area contributed by atoms with E-state index in [4.69, 9.17) is 19.6 Å². The molecule has 0 saturated carbocycles. The molecule has 0 fully saturated rings. The number of aliphatic hydroxyl groups is 1. The number of carbonyl (C=O) groups is 1. The van der Waals surface area contributed by atoms with E-state index in [2.05, 4.69) is 20.9 Å². The number of aliphatic hydroxyl groups excluding tert-OH is 1. The number of ether oxygens (including phenoxy) is 2. The molecule has 3 N–H and O–H groups in total. The Labute approximate surface area is 314 Å². The number of hydrazine groups is 1. The molecule has 1 aliphatic heterocycles. The normalized spacial score (nSPS) is 16.6. The Morgan fingerprint density at radius 1 is 0.889 bits per heavy atom. The quantitative estimate of drug-likeness (QED) is 0.0303. The van der Waals surface area contributed by atoms with Gasteiger partial charge in [0.15, 0.2) is 21.5 Å². The van der Waals surface area contributed by atoms with Gasteiger partial charge in [0, 0.05) is 53.6 Å². The lowest BCUT2D eigenvalue weighted by atomic mass is 9.84. The molecule has 6 rings (SSSR count). The molecule has 0 aliphatic carbocycles. The second-order valence-electron chi connectivity index (χ2n) is 12.6. The third kappa shape index (κ3) is 8.79. The molecule has 0 radical (unpaired) electrons. The SMILES string of the molecule is [N-]=[N+]=Nc1ccccc1[C@@H]1OC(c2ccc(OCCCO)cc2)=N[C@]1(CCS(=O)(=O)c1ccccc1)C(=O)NNCC(c1ccccc1)c1ccccc1. The fourth-order valence-corrected chi connectivity index (χ4v) is 7.76. The number of aliphatic imine (C=N–C) groups is 1. The van der Waals surface area contributed by atoms with Crippen molar-refractivity contribution in [1.29, 1.82) is 0 Å². The van der Waals surface area contributed by atoms with Gasteiger partial charge in [-0.2, -0.15) is 0 Å². The number of rotatable bonds is 17. The molecule has 0 saturated heterocycles. The third-order valence-corrected chi connectivity index (χ3v) is 10.9. The molecule has 0 unspecified atom stereocenters. The minimum absolute atomic E-state index is 0.000395. The van der Waals surface area contributed by atoms with E-state index < -0.39 is 33.1 Å². The predicted octanol–water partition coefficient (Wildman–Crippen LogP) is 6.96. The Hall–Kier alpha value is -5.98. The van der Waals surface area contributed by atoms with E-state index in [1.165, 1.54) is 12.1 Å². The number of nitrogens with one attached hydrogen (secondary N) is 2. The first kappa shape index (κ1) is 37.8. The number of sulfone groups is 1. The summed E-state index contributed by atoms with van der Waals surface area (Å²) in [5.74, 6) is -0.564. The highest BCUT2D eigenvalue weighted by Gasteiger charge is 2.54. The zero-order chi connectivity index (χ0) is 37.8. The van der Waals surface area contributed by atoms with Gasteiger partial charge in [-0.15, -0.1) is 0 Å². The highest BCUT2D eigenvalue weighted by molar-refractivity contribution is 7.91. The summed E-state index contributed by atoms with van der Waals surface area (Å²) in [7, 11) is -3.89. The molecule has 276 valence electrons. The summed E-state index contributed by atoms with van der Waals surface area (Å²) in [6.45, 7) is 0.625. The smallest absolute Gasteiger partial charge is 0.266 e. The lowest BCUT2D eigenvalue weighted by Gasteiger charge is -2.31. The Balaban J connectivity index is 1.39. The minimum atomic E-state index is -3.89. The minimum Gasteiger partial charge on any atom is -0.494 e. The molecule has 5 aromatic carbocycles. The highest BCUT2D eigenvalue weighted by Crippen LogP contribution is 2.46. The van der Waals surface area contributed by atoms with Gasteiger partial charge in [0.2, 0.25) is 5.90 Å². The van der Waals surface area contributed by atoms with Crippen LogP contribution >= 0.6 is 0 Å². The summed E-state index contributed by atoms with van der Waals surface area (Å²) in [4.78, 5) is 22.8. The van der Waals surface area contributed by atoms with E-state index in [9.17, 15) is 18.7 Å². The van der Waals surface area contributed by atoms with Crippen LogP contribution in [-0.4, -0.2) is 56.4 Å². The van der Waals surface area contributed by atoms with Crippen molar-refractivity contribution in [3.8, 4) is 5.75 Å². The first-order valence-electron chi connectivity index (χ1n) is 17.5. The molecule has 5 aromatic rings. The Morgan fingerprint density at radius 2 is 1.50 bits per heavy atom. The molecular weight excluding hydrogens is 705 g/mol. The number of hydrogen-bond donors (Lipinski definition) is 3. The van der Waals surface area contributed by atoms with Crippen molar-refractivity contribution in [2.24, 2.45) is 10.1 Å². The summed E-state index contributed by atoms with van der Waals surface area (Å²) in [5.41, 5.74) is 16.7. The zero-order valence-electron chi connectivity index (χ0n) is 29.4. The van der Waals surface area contributed by atoms with Gasteiger partial charge in [0.25, 0.3) is 5.91 Å². The second kappa shape index (κ2) is 17.7. The molecule has 0 spiro atoms. The number of amides is 1. The maximum atomic E-state index is 14.8. The molecule has 1 aliphatic rings.